The lowest BCUT2D eigenvalue weighted by molar-refractivity contribution is 0.157. The highest BCUT2D eigenvalue weighted by Gasteiger charge is 2.39. The summed E-state index contributed by atoms with van der Waals surface area (Å²) in [4.78, 5) is 0.316. The summed E-state index contributed by atoms with van der Waals surface area (Å²) in [6, 6.07) is 5.16. The van der Waals surface area contributed by atoms with Gasteiger partial charge in [0.25, 0.3) is 0 Å². The van der Waals surface area contributed by atoms with Crippen molar-refractivity contribution in [1.82, 2.24) is 10.0 Å². The van der Waals surface area contributed by atoms with Crippen LogP contribution in [0, 0.1) is 0 Å². The van der Waals surface area contributed by atoms with E-state index < -0.39 is 10.0 Å². The SMILES string of the molecule is CCCCCOc1ccc(S(=O)(=O)NC2CC(C)(C)NC(C)(C)C2)cc1C(C)C. The monoisotopic (exact) mass is 424 g/mol. The smallest absolute Gasteiger partial charge is 0.240 e. The molecule has 0 spiro atoms. The number of benzene rings is 1. The van der Waals surface area contributed by atoms with Crippen molar-refractivity contribution in [2.75, 3.05) is 6.61 Å². The maximum absolute atomic E-state index is 13.1. The summed E-state index contributed by atoms with van der Waals surface area (Å²) in [6.07, 6.45) is 4.80. The van der Waals surface area contributed by atoms with Crippen molar-refractivity contribution in [3.05, 3.63) is 23.8 Å². The Morgan fingerprint density at radius 2 is 1.76 bits per heavy atom. The minimum atomic E-state index is -3.60. The predicted octanol–water partition coefficient (Wildman–Crippen LogP) is 4.97. The Morgan fingerprint density at radius 1 is 1.14 bits per heavy atom. The average Bonchev–Trinajstić information content (AvgIpc) is 2.55. The third-order valence-corrected chi connectivity index (χ3v) is 6.95. The summed E-state index contributed by atoms with van der Waals surface area (Å²) in [7, 11) is -3.60. The van der Waals surface area contributed by atoms with Crippen molar-refractivity contribution in [2.24, 2.45) is 0 Å². The number of rotatable bonds is 9. The lowest BCUT2D eigenvalue weighted by Gasteiger charge is -2.46. The van der Waals surface area contributed by atoms with Gasteiger partial charge >= 0.3 is 0 Å². The van der Waals surface area contributed by atoms with E-state index in [9.17, 15) is 8.42 Å². The fraction of sp³-hybridized carbons (Fsp3) is 0.739. The number of piperidine rings is 1. The van der Waals surface area contributed by atoms with E-state index in [1.54, 1.807) is 12.1 Å². The Kier molecular flexibility index (Phi) is 7.80. The lowest BCUT2D eigenvalue weighted by atomic mass is 9.80. The highest BCUT2D eigenvalue weighted by Crippen LogP contribution is 2.32. The highest BCUT2D eigenvalue weighted by atomic mass is 32.2. The molecule has 29 heavy (non-hydrogen) atoms. The van der Waals surface area contributed by atoms with Gasteiger partial charge in [0.2, 0.25) is 10.0 Å². The fourth-order valence-electron chi connectivity index (χ4n) is 4.50. The standard InChI is InChI=1S/C23H40N2O3S/c1-8-9-10-13-28-21-12-11-19(14-20(21)17(2)3)29(26,27)24-18-15-22(4,5)25-23(6,7)16-18/h11-12,14,17-18,24-25H,8-10,13,15-16H2,1-7H3. The van der Waals surface area contributed by atoms with Gasteiger partial charge in [-0.25, -0.2) is 13.1 Å². The van der Waals surface area contributed by atoms with Gasteiger partial charge in [0.15, 0.2) is 0 Å². The molecule has 0 aliphatic carbocycles. The predicted molar refractivity (Wildman–Crippen MR) is 120 cm³/mol. The zero-order valence-electron chi connectivity index (χ0n) is 19.3. The van der Waals surface area contributed by atoms with E-state index >= 15 is 0 Å². The number of hydrogen-bond donors (Lipinski definition) is 2. The van der Waals surface area contributed by atoms with Gasteiger partial charge in [-0.05, 0) is 76.6 Å². The van der Waals surface area contributed by atoms with Crippen LogP contribution in [0.4, 0.5) is 0 Å². The Balaban J connectivity index is 2.20. The Hall–Kier alpha value is -1.11. The van der Waals surface area contributed by atoms with Crippen molar-refractivity contribution >= 4 is 10.0 Å². The third kappa shape index (κ3) is 6.97. The molecule has 0 amide bonds. The van der Waals surface area contributed by atoms with Crippen LogP contribution in [0.2, 0.25) is 0 Å². The largest absolute Gasteiger partial charge is 0.493 e. The second-order valence-electron chi connectivity index (χ2n) is 10.0. The third-order valence-electron chi connectivity index (χ3n) is 5.43. The summed E-state index contributed by atoms with van der Waals surface area (Å²) in [6.45, 7) is 15.4. The van der Waals surface area contributed by atoms with Crippen LogP contribution in [0.5, 0.6) is 5.75 Å². The zero-order chi connectivity index (χ0) is 21.9. The van der Waals surface area contributed by atoms with Crippen LogP contribution >= 0.6 is 0 Å². The molecule has 0 radical (unpaired) electrons. The molecule has 5 nitrogen and oxygen atoms in total. The normalized spacial score (nSPS) is 19.4. The average molecular weight is 425 g/mol. The first kappa shape index (κ1) is 24.2. The first-order valence-electron chi connectivity index (χ1n) is 10.9. The van der Waals surface area contributed by atoms with Crippen LogP contribution < -0.4 is 14.8 Å². The molecule has 1 heterocycles. The molecule has 1 saturated heterocycles. The Bertz CT molecular complexity index is 769. The van der Waals surface area contributed by atoms with Gasteiger partial charge in [0.1, 0.15) is 5.75 Å². The molecule has 1 aliphatic heterocycles. The second kappa shape index (κ2) is 9.36. The van der Waals surface area contributed by atoms with E-state index in [4.69, 9.17) is 4.74 Å². The van der Waals surface area contributed by atoms with Crippen molar-refractivity contribution in [1.29, 1.82) is 0 Å². The van der Waals surface area contributed by atoms with Crippen molar-refractivity contribution in [3.63, 3.8) is 0 Å². The summed E-state index contributed by atoms with van der Waals surface area (Å²) in [5, 5.41) is 3.60. The quantitative estimate of drug-likeness (QED) is 0.550. The Labute approximate surface area is 178 Å². The van der Waals surface area contributed by atoms with Crippen LogP contribution in [-0.2, 0) is 10.0 Å². The first-order valence-corrected chi connectivity index (χ1v) is 12.4. The molecule has 6 heteroatoms. The molecule has 0 bridgehead atoms. The van der Waals surface area contributed by atoms with Gasteiger partial charge in [-0.1, -0.05) is 33.6 Å². The van der Waals surface area contributed by atoms with Gasteiger partial charge < -0.3 is 10.1 Å². The topological polar surface area (TPSA) is 67.4 Å². The molecule has 0 saturated carbocycles. The van der Waals surface area contributed by atoms with E-state index in [1.165, 1.54) is 0 Å². The van der Waals surface area contributed by atoms with Crippen LogP contribution in [0.15, 0.2) is 23.1 Å². The summed E-state index contributed by atoms with van der Waals surface area (Å²) >= 11 is 0. The fourth-order valence-corrected chi connectivity index (χ4v) is 5.77. The van der Waals surface area contributed by atoms with E-state index in [-0.39, 0.29) is 23.0 Å². The lowest BCUT2D eigenvalue weighted by Crippen LogP contribution is -2.62. The zero-order valence-corrected chi connectivity index (χ0v) is 20.1. The van der Waals surface area contributed by atoms with E-state index in [0.29, 0.717) is 11.5 Å². The molecule has 2 N–H and O–H groups in total. The number of sulfonamides is 1. The number of unbranched alkanes of at least 4 members (excludes halogenated alkanes) is 2. The van der Waals surface area contributed by atoms with Gasteiger partial charge in [0, 0.05) is 17.1 Å². The molecule has 1 aromatic rings. The number of hydrogen-bond acceptors (Lipinski definition) is 4. The van der Waals surface area contributed by atoms with Crippen molar-refractivity contribution in [2.45, 2.75) is 109 Å². The van der Waals surface area contributed by atoms with E-state index in [2.05, 4.69) is 58.5 Å². The molecule has 0 unspecified atom stereocenters. The van der Waals surface area contributed by atoms with Gasteiger partial charge in [0.05, 0.1) is 11.5 Å². The summed E-state index contributed by atoms with van der Waals surface area (Å²) in [5.41, 5.74) is 0.706. The summed E-state index contributed by atoms with van der Waals surface area (Å²) in [5.74, 6) is 0.974. The van der Waals surface area contributed by atoms with Gasteiger partial charge in [-0.3, -0.25) is 0 Å². The molecule has 1 aromatic carbocycles. The molecule has 1 fully saturated rings. The van der Waals surface area contributed by atoms with Crippen LogP contribution in [-0.4, -0.2) is 32.1 Å². The molecule has 166 valence electrons. The van der Waals surface area contributed by atoms with Crippen molar-refractivity contribution < 1.29 is 13.2 Å². The van der Waals surface area contributed by atoms with Crippen LogP contribution in [0.1, 0.15) is 92.1 Å². The van der Waals surface area contributed by atoms with Crippen molar-refractivity contribution in [3.8, 4) is 5.75 Å². The molecular weight excluding hydrogens is 384 g/mol. The summed E-state index contributed by atoms with van der Waals surface area (Å²) < 4.78 is 35.2. The highest BCUT2D eigenvalue weighted by molar-refractivity contribution is 7.89. The maximum atomic E-state index is 13.1. The minimum Gasteiger partial charge on any atom is -0.493 e. The van der Waals surface area contributed by atoms with E-state index in [0.717, 1.165) is 43.4 Å². The van der Waals surface area contributed by atoms with Crippen LogP contribution in [0.25, 0.3) is 0 Å². The van der Waals surface area contributed by atoms with Gasteiger partial charge in [-0.15, -0.1) is 0 Å². The maximum Gasteiger partial charge on any atom is 0.240 e. The number of ether oxygens (including phenoxy) is 1. The second-order valence-corrected chi connectivity index (χ2v) is 11.7. The molecule has 2 rings (SSSR count). The van der Waals surface area contributed by atoms with Gasteiger partial charge in [-0.2, -0.15) is 0 Å². The molecule has 1 aliphatic rings. The van der Waals surface area contributed by atoms with Crippen LogP contribution in [0.3, 0.4) is 0 Å². The Morgan fingerprint density at radius 3 is 2.31 bits per heavy atom. The van der Waals surface area contributed by atoms with E-state index in [1.807, 2.05) is 6.07 Å². The molecule has 0 aromatic heterocycles. The number of nitrogens with one attached hydrogen (secondary N) is 2. The molecule has 0 atom stereocenters. The minimum absolute atomic E-state index is 0.0984. The first-order chi connectivity index (χ1) is 13.4. The molecular formula is C23H40N2O3S.